The topological polar surface area (TPSA) is 49.4 Å². The Morgan fingerprint density at radius 3 is 2.17 bits per heavy atom. The van der Waals surface area contributed by atoms with Crippen LogP contribution in [-0.2, 0) is 9.84 Å². The average Bonchev–Trinajstić information content (AvgIpc) is 2.20. The van der Waals surface area contributed by atoms with Gasteiger partial charge in [-0.25, -0.2) is 8.42 Å². The van der Waals surface area contributed by atoms with Crippen molar-refractivity contribution in [3.8, 4) is 0 Å². The maximum atomic E-state index is 11.8. The van der Waals surface area contributed by atoms with E-state index >= 15 is 0 Å². The number of rotatable bonds is 8. The summed E-state index contributed by atoms with van der Waals surface area (Å²) >= 11 is 0. The number of hydrogen-bond acceptors (Lipinski definition) is 4. The summed E-state index contributed by atoms with van der Waals surface area (Å²) in [6.45, 7) is 12.0. The molecule has 0 heterocycles. The Hall–Kier alpha value is -0.130. The molecule has 5 heteroatoms. The minimum absolute atomic E-state index is 0.219. The second-order valence-corrected chi connectivity index (χ2v) is 8.97. The highest BCUT2D eigenvalue weighted by Crippen LogP contribution is 2.15. The summed E-state index contributed by atoms with van der Waals surface area (Å²) in [5.41, 5.74) is 0. The van der Waals surface area contributed by atoms with Gasteiger partial charge in [0.25, 0.3) is 0 Å². The van der Waals surface area contributed by atoms with E-state index in [0.29, 0.717) is 12.6 Å². The smallest absolute Gasteiger partial charge is 0.156 e. The number of hydrogen-bond donors (Lipinski definition) is 1. The third-order valence-corrected chi connectivity index (χ3v) is 5.83. The quantitative estimate of drug-likeness (QED) is 0.684. The van der Waals surface area contributed by atoms with Gasteiger partial charge in [-0.15, -0.1) is 0 Å². The summed E-state index contributed by atoms with van der Waals surface area (Å²) in [6, 6.07) is 0.561. The average molecular weight is 278 g/mol. The molecule has 0 fully saturated rings. The fourth-order valence-corrected chi connectivity index (χ4v) is 2.37. The van der Waals surface area contributed by atoms with Crippen LogP contribution in [0.3, 0.4) is 0 Å². The first-order chi connectivity index (χ1) is 8.08. The van der Waals surface area contributed by atoms with Crippen molar-refractivity contribution in [2.75, 3.05) is 32.4 Å². The van der Waals surface area contributed by atoms with Crippen molar-refractivity contribution >= 4 is 9.84 Å². The number of sulfone groups is 1. The molecule has 0 rings (SSSR count). The summed E-state index contributed by atoms with van der Waals surface area (Å²) in [7, 11) is -0.882. The van der Waals surface area contributed by atoms with Gasteiger partial charge in [-0.2, -0.15) is 0 Å². The van der Waals surface area contributed by atoms with Crippen molar-refractivity contribution in [1.29, 1.82) is 0 Å². The Morgan fingerprint density at radius 2 is 1.72 bits per heavy atom. The van der Waals surface area contributed by atoms with Crippen LogP contribution in [0.2, 0.25) is 0 Å². The zero-order chi connectivity index (χ0) is 14.4. The van der Waals surface area contributed by atoms with Gasteiger partial charge in [0.15, 0.2) is 9.84 Å². The lowest BCUT2D eigenvalue weighted by Gasteiger charge is -2.21. The van der Waals surface area contributed by atoms with E-state index in [2.05, 4.69) is 31.1 Å². The lowest BCUT2D eigenvalue weighted by molar-refractivity contribution is 0.270. The maximum Gasteiger partial charge on any atom is 0.156 e. The Labute approximate surface area is 113 Å². The maximum absolute atomic E-state index is 11.8. The molecule has 0 aromatic carbocycles. The van der Waals surface area contributed by atoms with Gasteiger partial charge in [0.05, 0.1) is 10.5 Å². The van der Waals surface area contributed by atoms with Crippen LogP contribution >= 0.6 is 0 Å². The van der Waals surface area contributed by atoms with Crippen LogP contribution in [0, 0.1) is 0 Å². The van der Waals surface area contributed by atoms with E-state index in [1.54, 1.807) is 20.8 Å². The molecule has 0 bridgehead atoms. The van der Waals surface area contributed by atoms with Crippen LogP contribution < -0.4 is 5.32 Å². The molecule has 0 aliphatic carbocycles. The van der Waals surface area contributed by atoms with E-state index < -0.39 is 14.6 Å². The highest BCUT2D eigenvalue weighted by Gasteiger charge is 2.27. The van der Waals surface area contributed by atoms with Gasteiger partial charge in [-0.3, -0.25) is 0 Å². The third-order valence-electron chi connectivity index (χ3n) is 3.23. The van der Waals surface area contributed by atoms with E-state index in [4.69, 9.17) is 0 Å². The molecule has 18 heavy (non-hydrogen) atoms. The highest BCUT2D eigenvalue weighted by atomic mass is 32.2. The van der Waals surface area contributed by atoms with Crippen molar-refractivity contribution in [1.82, 2.24) is 10.2 Å². The van der Waals surface area contributed by atoms with Crippen LogP contribution in [0.25, 0.3) is 0 Å². The molecular weight excluding hydrogens is 248 g/mol. The second-order valence-electron chi connectivity index (χ2n) is 6.11. The summed E-state index contributed by atoms with van der Waals surface area (Å²) < 4.78 is 23.0. The first-order valence-corrected chi connectivity index (χ1v) is 8.36. The number of nitrogens with zero attached hydrogens (tertiary/aromatic N) is 1. The largest absolute Gasteiger partial charge is 0.316 e. The lowest BCUT2D eigenvalue weighted by Crippen LogP contribution is -2.35. The molecule has 0 radical (unpaired) electrons. The summed E-state index contributed by atoms with van der Waals surface area (Å²) in [5, 5.41) is 3.20. The molecule has 0 atom stereocenters. The molecule has 0 aromatic heterocycles. The van der Waals surface area contributed by atoms with Crippen molar-refractivity contribution in [2.45, 2.75) is 51.8 Å². The van der Waals surface area contributed by atoms with Gasteiger partial charge in [0.2, 0.25) is 0 Å². The first kappa shape index (κ1) is 17.9. The van der Waals surface area contributed by atoms with Crippen LogP contribution in [0.5, 0.6) is 0 Å². The molecule has 4 nitrogen and oxygen atoms in total. The van der Waals surface area contributed by atoms with E-state index in [-0.39, 0.29) is 5.75 Å². The van der Waals surface area contributed by atoms with Crippen LogP contribution in [0.4, 0.5) is 0 Å². The zero-order valence-corrected chi connectivity index (χ0v) is 13.6. The Balaban J connectivity index is 3.71. The molecule has 0 aliphatic heterocycles. The predicted octanol–water partition coefficient (Wildman–Crippen LogP) is 1.52. The third kappa shape index (κ3) is 6.71. The Bertz CT molecular complexity index is 318. The molecule has 110 valence electrons. The number of nitrogens with one attached hydrogen (secondary N) is 1. The predicted molar refractivity (Wildman–Crippen MR) is 78.8 cm³/mol. The van der Waals surface area contributed by atoms with Gasteiger partial charge < -0.3 is 10.2 Å². The van der Waals surface area contributed by atoms with Crippen molar-refractivity contribution in [3.05, 3.63) is 0 Å². The first-order valence-electron chi connectivity index (χ1n) is 6.71. The van der Waals surface area contributed by atoms with E-state index in [1.165, 1.54) is 0 Å². The van der Waals surface area contributed by atoms with Gasteiger partial charge >= 0.3 is 0 Å². The monoisotopic (exact) mass is 278 g/mol. The Morgan fingerprint density at radius 1 is 1.17 bits per heavy atom. The minimum Gasteiger partial charge on any atom is -0.316 e. The van der Waals surface area contributed by atoms with Crippen molar-refractivity contribution in [2.24, 2.45) is 0 Å². The summed E-state index contributed by atoms with van der Waals surface area (Å²) in [6.07, 6.45) is 1.05. The standard InChI is InChI=1S/C13H30N2O2S/c1-12(2)15(6)10-7-8-14-9-11-18(16,17)13(3,4)5/h12,14H,7-11H2,1-6H3. The zero-order valence-electron chi connectivity index (χ0n) is 12.8. The second kappa shape index (κ2) is 7.46. The van der Waals surface area contributed by atoms with E-state index in [1.807, 2.05) is 0 Å². The summed E-state index contributed by atoms with van der Waals surface area (Å²) in [4.78, 5) is 2.29. The van der Waals surface area contributed by atoms with Crippen LogP contribution in [0.15, 0.2) is 0 Å². The molecule has 0 saturated heterocycles. The van der Waals surface area contributed by atoms with Crippen LogP contribution in [0.1, 0.15) is 41.0 Å². The van der Waals surface area contributed by atoms with Gasteiger partial charge in [0, 0.05) is 12.6 Å². The molecular formula is C13H30N2O2S. The lowest BCUT2D eigenvalue weighted by atomic mass is 10.3. The molecule has 0 aliphatic rings. The molecule has 0 aromatic rings. The molecule has 0 amide bonds. The Kier molecular flexibility index (Phi) is 7.40. The molecule has 0 unspecified atom stereocenters. The van der Waals surface area contributed by atoms with Gasteiger partial charge in [-0.05, 0) is 61.2 Å². The highest BCUT2D eigenvalue weighted by molar-refractivity contribution is 7.92. The fourth-order valence-electron chi connectivity index (χ4n) is 1.35. The van der Waals surface area contributed by atoms with Crippen molar-refractivity contribution in [3.63, 3.8) is 0 Å². The molecule has 0 spiro atoms. The van der Waals surface area contributed by atoms with Gasteiger partial charge in [-0.1, -0.05) is 0 Å². The normalized spacial score (nSPS) is 13.6. The molecule has 1 N–H and O–H groups in total. The summed E-state index contributed by atoms with van der Waals surface area (Å²) in [5.74, 6) is 0.219. The van der Waals surface area contributed by atoms with E-state index in [0.717, 1.165) is 19.5 Å². The van der Waals surface area contributed by atoms with E-state index in [9.17, 15) is 8.42 Å². The van der Waals surface area contributed by atoms with Gasteiger partial charge in [0.1, 0.15) is 0 Å². The van der Waals surface area contributed by atoms with Crippen LogP contribution in [-0.4, -0.2) is 56.5 Å². The minimum atomic E-state index is -2.99. The fraction of sp³-hybridized carbons (Fsp3) is 1.00. The SMILES string of the molecule is CC(C)N(C)CCCNCCS(=O)(=O)C(C)(C)C. The van der Waals surface area contributed by atoms with Crippen molar-refractivity contribution < 1.29 is 8.42 Å². The molecule has 0 saturated carbocycles.